The van der Waals surface area contributed by atoms with E-state index in [1.54, 1.807) is 0 Å². The molecule has 3 amide bonds. The number of nitrogens with zero attached hydrogens (tertiary/aromatic N) is 1. The van der Waals surface area contributed by atoms with Gasteiger partial charge in [0.05, 0.1) is 0 Å². The molecule has 23 heavy (non-hydrogen) atoms. The first kappa shape index (κ1) is 17.8. The summed E-state index contributed by atoms with van der Waals surface area (Å²) in [4.78, 5) is 25.6. The van der Waals surface area contributed by atoms with Gasteiger partial charge in [0.2, 0.25) is 5.91 Å². The first-order valence-electron chi connectivity index (χ1n) is 8.08. The van der Waals surface area contributed by atoms with E-state index < -0.39 is 0 Å². The van der Waals surface area contributed by atoms with Crippen molar-refractivity contribution in [1.82, 2.24) is 10.2 Å². The zero-order valence-electron chi connectivity index (χ0n) is 13.7. The van der Waals surface area contributed by atoms with Crippen molar-refractivity contribution in [1.29, 1.82) is 0 Å². The number of hydrogen-bond acceptors (Lipinski definition) is 2. The van der Waals surface area contributed by atoms with Crippen molar-refractivity contribution in [3.05, 3.63) is 28.2 Å². The Bertz CT molecular complexity index is 577. The molecule has 0 radical (unpaired) electrons. The van der Waals surface area contributed by atoms with Gasteiger partial charge in [0.1, 0.15) is 0 Å². The van der Waals surface area contributed by atoms with Gasteiger partial charge in [-0.2, -0.15) is 0 Å². The van der Waals surface area contributed by atoms with Crippen LogP contribution in [0.5, 0.6) is 0 Å². The second-order valence-corrected chi connectivity index (χ2v) is 6.86. The summed E-state index contributed by atoms with van der Waals surface area (Å²) in [5.74, 6) is 0.397. The van der Waals surface area contributed by atoms with Crippen molar-refractivity contribution < 1.29 is 9.59 Å². The average Bonchev–Trinajstić information content (AvgIpc) is 2.56. The number of urea groups is 1. The topological polar surface area (TPSA) is 61.4 Å². The number of anilines is 1. The fraction of sp³-hybridized carbons (Fsp3) is 0.529. The van der Waals surface area contributed by atoms with Crippen LogP contribution in [0, 0.1) is 12.8 Å². The van der Waals surface area contributed by atoms with Gasteiger partial charge in [-0.05, 0) is 49.4 Å². The predicted octanol–water partition coefficient (Wildman–Crippen LogP) is 3.53. The molecule has 0 unspecified atom stereocenters. The molecule has 0 bridgehead atoms. The molecule has 1 aromatic rings. The zero-order chi connectivity index (χ0) is 16.8. The average molecular weight is 382 g/mol. The molecule has 126 valence electrons. The fourth-order valence-electron chi connectivity index (χ4n) is 2.72. The Balaban J connectivity index is 1.88. The molecule has 1 aliphatic heterocycles. The monoisotopic (exact) mass is 381 g/mol. The number of carbonyl (C=O) groups is 2. The molecule has 0 saturated carbocycles. The Morgan fingerprint density at radius 2 is 2.17 bits per heavy atom. The van der Waals surface area contributed by atoms with Crippen LogP contribution in [-0.4, -0.2) is 36.5 Å². The van der Waals surface area contributed by atoms with Crippen LogP contribution in [0.25, 0.3) is 0 Å². The van der Waals surface area contributed by atoms with Gasteiger partial charge in [0.25, 0.3) is 0 Å². The Morgan fingerprint density at radius 1 is 1.39 bits per heavy atom. The summed E-state index contributed by atoms with van der Waals surface area (Å²) in [6.07, 6.45) is 2.52. The third-order valence-electron chi connectivity index (χ3n) is 4.12. The molecular formula is C17H24BrN3O2. The third kappa shape index (κ3) is 5.23. The molecular weight excluding hydrogens is 358 g/mol. The molecule has 5 nitrogen and oxygen atoms in total. The van der Waals surface area contributed by atoms with Crippen LogP contribution in [0.1, 0.15) is 31.7 Å². The quantitative estimate of drug-likeness (QED) is 0.837. The molecule has 1 atom stereocenters. The minimum atomic E-state index is -0.0711. The van der Waals surface area contributed by atoms with E-state index in [0.29, 0.717) is 25.4 Å². The van der Waals surface area contributed by atoms with Crippen molar-refractivity contribution in [3.63, 3.8) is 0 Å². The number of halogens is 1. The number of likely N-dealkylation sites (tertiary alicyclic amines) is 1. The third-order valence-corrected chi connectivity index (χ3v) is 5.01. The molecule has 0 aromatic heterocycles. The highest BCUT2D eigenvalue weighted by atomic mass is 79.9. The summed E-state index contributed by atoms with van der Waals surface area (Å²) in [6, 6.07) is 5.70. The summed E-state index contributed by atoms with van der Waals surface area (Å²) in [7, 11) is 0. The molecule has 0 aliphatic carbocycles. The van der Waals surface area contributed by atoms with Crippen LogP contribution in [0.3, 0.4) is 0 Å². The second kappa shape index (κ2) is 8.34. The maximum Gasteiger partial charge on any atom is 0.321 e. The summed E-state index contributed by atoms with van der Waals surface area (Å²) in [6.45, 7) is 5.93. The highest BCUT2D eigenvalue weighted by molar-refractivity contribution is 9.10. The lowest BCUT2D eigenvalue weighted by molar-refractivity contribution is -0.121. The maximum atomic E-state index is 12.4. The van der Waals surface area contributed by atoms with E-state index in [0.717, 1.165) is 35.1 Å². The number of aryl methyl sites for hydroxylation is 1. The van der Waals surface area contributed by atoms with Crippen molar-refractivity contribution in [2.45, 2.75) is 33.1 Å². The SMILES string of the molecule is CCC(=O)NC[C@H]1CCCN(C(=O)Nc2ccc(Br)c(C)c2)C1. The number of amides is 3. The number of hydrogen-bond donors (Lipinski definition) is 2. The van der Waals surface area contributed by atoms with Crippen molar-refractivity contribution >= 4 is 33.6 Å². The number of carbonyl (C=O) groups excluding carboxylic acids is 2. The van der Waals surface area contributed by atoms with Gasteiger partial charge in [-0.15, -0.1) is 0 Å². The minimum Gasteiger partial charge on any atom is -0.356 e. The second-order valence-electron chi connectivity index (χ2n) is 6.01. The van der Waals surface area contributed by atoms with E-state index in [1.165, 1.54) is 0 Å². The summed E-state index contributed by atoms with van der Waals surface area (Å²) >= 11 is 3.46. The largest absolute Gasteiger partial charge is 0.356 e. The smallest absolute Gasteiger partial charge is 0.321 e. The van der Waals surface area contributed by atoms with Crippen LogP contribution in [0.15, 0.2) is 22.7 Å². The molecule has 1 fully saturated rings. The molecule has 2 N–H and O–H groups in total. The van der Waals surface area contributed by atoms with Gasteiger partial charge in [0, 0.05) is 36.2 Å². The first-order valence-corrected chi connectivity index (χ1v) is 8.87. The van der Waals surface area contributed by atoms with Gasteiger partial charge in [-0.3, -0.25) is 4.79 Å². The van der Waals surface area contributed by atoms with E-state index >= 15 is 0 Å². The van der Waals surface area contributed by atoms with Gasteiger partial charge < -0.3 is 15.5 Å². The summed E-state index contributed by atoms with van der Waals surface area (Å²) < 4.78 is 1.03. The maximum absolute atomic E-state index is 12.4. The van der Waals surface area contributed by atoms with E-state index in [1.807, 2.05) is 36.9 Å². The van der Waals surface area contributed by atoms with Crippen molar-refractivity contribution in [3.8, 4) is 0 Å². The van der Waals surface area contributed by atoms with Crippen LogP contribution in [0.4, 0.5) is 10.5 Å². The molecule has 0 spiro atoms. The fourth-order valence-corrected chi connectivity index (χ4v) is 2.97. The van der Waals surface area contributed by atoms with E-state index in [2.05, 4.69) is 26.6 Å². The van der Waals surface area contributed by atoms with Crippen LogP contribution >= 0.6 is 15.9 Å². The van der Waals surface area contributed by atoms with Gasteiger partial charge in [-0.25, -0.2) is 4.79 Å². The molecule has 1 aliphatic rings. The van der Waals surface area contributed by atoms with Crippen molar-refractivity contribution in [2.24, 2.45) is 5.92 Å². The number of rotatable bonds is 4. The molecule has 6 heteroatoms. The number of nitrogens with one attached hydrogen (secondary N) is 2. The molecule has 1 saturated heterocycles. The lowest BCUT2D eigenvalue weighted by Crippen LogP contribution is -2.45. The normalized spacial score (nSPS) is 17.7. The minimum absolute atomic E-state index is 0.0666. The first-order chi connectivity index (χ1) is 11.0. The van der Waals surface area contributed by atoms with E-state index in [4.69, 9.17) is 0 Å². The van der Waals surface area contributed by atoms with Crippen LogP contribution < -0.4 is 10.6 Å². The zero-order valence-corrected chi connectivity index (χ0v) is 15.3. The predicted molar refractivity (Wildman–Crippen MR) is 95.5 cm³/mol. The highest BCUT2D eigenvalue weighted by Crippen LogP contribution is 2.21. The lowest BCUT2D eigenvalue weighted by Gasteiger charge is -2.32. The van der Waals surface area contributed by atoms with Gasteiger partial charge >= 0.3 is 6.03 Å². The molecule has 1 heterocycles. The van der Waals surface area contributed by atoms with E-state index in [-0.39, 0.29) is 11.9 Å². The highest BCUT2D eigenvalue weighted by Gasteiger charge is 2.24. The summed E-state index contributed by atoms with van der Waals surface area (Å²) in [5.41, 5.74) is 1.89. The van der Waals surface area contributed by atoms with Crippen LogP contribution in [0.2, 0.25) is 0 Å². The number of piperidine rings is 1. The standard InChI is InChI=1S/C17H24BrN3O2/c1-3-16(22)19-10-13-5-4-8-21(11-13)17(23)20-14-6-7-15(18)12(2)9-14/h6-7,9,13H,3-5,8,10-11H2,1-2H3,(H,19,22)(H,20,23)/t13-/m1/s1. The Labute approximate surface area is 145 Å². The Hall–Kier alpha value is -1.56. The van der Waals surface area contributed by atoms with E-state index in [9.17, 15) is 9.59 Å². The summed E-state index contributed by atoms with van der Waals surface area (Å²) in [5, 5.41) is 5.88. The number of benzene rings is 1. The Kier molecular flexibility index (Phi) is 6.45. The van der Waals surface area contributed by atoms with Gasteiger partial charge in [-0.1, -0.05) is 22.9 Å². The Morgan fingerprint density at radius 3 is 2.87 bits per heavy atom. The lowest BCUT2D eigenvalue weighted by atomic mass is 9.98. The van der Waals surface area contributed by atoms with Crippen molar-refractivity contribution in [2.75, 3.05) is 25.0 Å². The molecule has 2 rings (SSSR count). The van der Waals surface area contributed by atoms with Gasteiger partial charge in [0.15, 0.2) is 0 Å². The molecule has 1 aromatic carbocycles. The van der Waals surface area contributed by atoms with Crippen LogP contribution in [-0.2, 0) is 4.79 Å².